The van der Waals surface area contributed by atoms with Crippen LogP contribution in [0, 0.1) is 11.8 Å². The topological polar surface area (TPSA) is 66.4 Å². The van der Waals surface area contributed by atoms with Crippen molar-refractivity contribution in [1.29, 1.82) is 0 Å². The fraction of sp³-hybridized carbons (Fsp3) is 0.238. The highest BCUT2D eigenvalue weighted by Gasteiger charge is 2.43. The molecule has 2 aromatic carbocycles. The number of benzene rings is 2. The van der Waals surface area contributed by atoms with E-state index in [-0.39, 0.29) is 5.92 Å². The van der Waals surface area contributed by atoms with Crippen molar-refractivity contribution >= 4 is 11.9 Å². The molecule has 2 aromatic rings. The second kappa shape index (κ2) is 7.34. The molecule has 3 rings (SSSR count). The van der Waals surface area contributed by atoms with E-state index in [1.165, 1.54) is 7.11 Å². The quantitative estimate of drug-likeness (QED) is 0.635. The van der Waals surface area contributed by atoms with Gasteiger partial charge in [-0.3, -0.25) is 4.79 Å². The van der Waals surface area contributed by atoms with Crippen LogP contribution in [0.15, 0.2) is 72.8 Å². The first-order valence-corrected chi connectivity index (χ1v) is 8.20. The number of carbonyl (C=O) groups excluding carboxylic acids is 2. The van der Waals surface area contributed by atoms with Crippen molar-refractivity contribution in [2.75, 3.05) is 7.11 Å². The fourth-order valence-corrected chi connectivity index (χ4v) is 3.64. The van der Waals surface area contributed by atoms with Gasteiger partial charge in [0.05, 0.1) is 13.0 Å². The maximum absolute atomic E-state index is 12.5. The van der Waals surface area contributed by atoms with E-state index in [4.69, 9.17) is 4.74 Å². The molecule has 1 aliphatic carbocycles. The van der Waals surface area contributed by atoms with Gasteiger partial charge in [-0.1, -0.05) is 72.8 Å². The third-order valence-electron chi connectivity index (χ3n) is 4.80. The molecule has 4 atom stereocenters. The SMILES string of the molecule is COC(=O)[C@H]1[C@@H](C(=O)[O-])[C@@H](c2ccccc2)C=C[C@H]1c1ccccc1. The van der Waals surface area contributed by atoms with Gasteiger partial charge in [0.1, 0.15) is 0 Å². The van der Waals surface area contributed by atoms with Gasteiger partial charge < -0.3 is 14.6 Å². The summed E-state index contributed by atoms with van der Waals surface area (Å²) >= 11 is 0. The lowest BCUT2D eigenvalue weighted by molar-refractivity contribution is -0.314. The summed E-state index contributed by atoms with van der Waals surface area (Å²) in [6.07, 6.45) is 3.78. The molecule has 0 saturated carbocycles. The van der Waals surface area contributed by atoms with Crippen LogP contribution in [0.25, 0.3) is 0 Å². The Labute approximate surface area is 146 Å². The molecule has 25 heavy (non-hydrogen) atoms. The molecule has 0 heterocycles. The molecule has 0 N–H and O–H groups in total. The molecule has 0 saturated heterocycles. The van der Waals surface area contributed by atoms with Gasteiger partial charge in [0.15, 0.2) is 0 Å². The summed E-state index contributed by atoms with van der Waals surface area (Å²) in [6, 6.07) is 18.7. The molecule has 4 heteroatoms. The van der Waals surface area contributed by atoms with E-state index in [1.807, 2.05) is 72.8 Å². The maximum Gasteiger partial charge on any atom is 0.310 e. The van der Waals surface area contributed by atoms with E-state index in [2.05, 4.69) is 0 Å². The lowest BCUT2D eigenvalue weighted by Gasteiger charge is -2.39. The van der Waals surface area contributed by atoms with Crippen molar-refractivity contribution in [2.45, 2.75) is 11.8 Å². The number of carbonyl (C=O) groups is 2. The van der Waals surface area contributed by atoms with E-state index in [0.717, 1.165) is 11.1 Å². The number of aliphatic carboxylic acids is 1. The maximum atomic E-state index is 12.5. The van der Waals surface area contributed by atoms with Crippen LogP contribution in [0.4, 0.5) is 0 Å². The molecule has 0 amide bonds. The number of carboxylic acids is 1. The van der Waals surface area contributed by atoms with Crippen molar-refractivity contribution in [3.05, 3.63) is 83.9 Å². The average molecular weight is 335 g/mol. The van der Waals surface area contributed by atoms with Crippen molar-refractivity contribution < 1.29 is 19.4 Å². The van der Waals surface area contributed by atoms with Crippen molar-refractivity contribution in [1.82, 2.24) is 0 Å². The Bertz CT molecular complexity index is 767. The monoisotopic (exact) mass is 335 g/mol. The summed E-state index contributed by atoms with van der Waals surface area (Å²) in [7, 11) is 1.28. The first-order chi connectivity index (χ1) is 12.1. The second-order valence-corrected chi connectivity index (χ2v) is 6.15. The van der Waals surface area contributed by atoms with Gasteiger partial charge in [-0.05, 0) is 11.1 Å². The zero-order valence-corrected chi connectivity index (χ0v) is 13.9. The van der Waals surface area contributed by atoms with Crippen molar-refractivity contribution in [2.24, 2.45) is 11.8 Å². The third kappa shape index (κ3) is 3.33. The van der Waals surface area contributed by atoms with Crippen LogP contribution in [0.2, 0.25) is 0 Å². The fourth-order valence-electron chi connectivity index (χ4n) is 3.64. The summed E-state index contributed by atoms with van der Waals surface area (Å²) in [5.41, 5.74) is 1.72. The molecular weight excluding hydrogens is 316 g/mol. The Kier molecular flexibility index (Phi) is 4.98. The molecule has 0 fully saturated rings. The number of rotatable bonds is 4. The molecule has 128 valence electrons. The molecule has 1 aliphatic rings. The Hall–Kier alpha value is -2.88. The minimum Gasteiger partial charge on any atom is -0.550 e. The first-order valence-electron chi connectivity index (χ1n) is 8.20. The molecular formula is C21H19O4-. The number of allylic oxidation sites excluding steroid dienone is 2. The molecule has 0 aliphatic heterocycles. The number of ether oxygens (including phenoxy) is 1. The lowest BCUT2D eigenvalue weighted by Crippen LogP contribution is -2.46. The van der Waals surface area contributed by atoms with Gasteiger partial charge in [-0.15, -0.1) is 0 Å². The highest BCUT2D eigenvalue weighted by atomic mass is 16.5. The van der Waals surface area contributed by atoms with Gasteiger partial charge in [0.25, 0.3) is 0 Å². The number of methoxy groups -OCH3 is 1. The lowest BCUT2D eigenvalue weighted by atomic mass is 9.66. The summed E-state index contributed by atoms with van der Waals surface area (Å²) in [5, 5.41) is 12.0. The molecule has 0 radical (unpaired) electrons. The van der Waals surface area contributed by atoms with Crippen LogP contribution in [0.5, 0.6) is 0 Å². The first kappa shape index (κ1) is 17.0. The average Bonchev–Trinajstić information content (AvgIpc) is 2.67. The van der Waals surface area contributed by atoms with Crippen LogP contribution in [0.1, 0.15) is 23.0 Å². The number of hydrogen-bond donors (Lipinski definition) is 0. The van der Waals surface area contributed by atoms with Gasteiger partial charge in [0.2, 0.25) is 0 Å². The van der Waals surface area contributed by atoms with Gasteiger partial charge >= 0.3 is 5.97 Å². The minimum atomic E-state index is -1.24. The summed E-state index contributed by atoms with van der Waals surface area (Å²) in [6.45, 7) is 0. The van der Waals surface area contributed by atoms with Crippen LogP contribution in [-0.2, 0) is 14.3 Å². The summed E-state index contributed by atoms with van der Waals surface area (Å²) in [4.78, 5) is 24.5. The smallest absolute Gasteiger partial charge is 0.310 e. The Morgan fingerprint density at radius 1 is 0.800 bits per heavy atom. The van der Waals surface area contributed by atoms with E-state index in [1.54, 1.807) is 0 Å². The molecule has 0 bridgehead atoms. The highest BCUT2D eigenvalue weighted by Crippen LogP contribution is 2.44. The van der Waals surface area contributed by atoms with Crippen LogP contribution in [0.3, 0.4) is 0 Å². The number of carboxylic acid groups (broad SMARTS) is 1. The molecule has 0 unspecified atom stereocenters. The minimum absolute atomic E-state index is 0.364. The van der Waals surface area contributed by atoms with E-state index >= 15 is 0 Å². The second-order valence-electron chi connectivity index (χ2n) is 6.15. The van der Waals surface area contributed by atoms with Gasteiger partial charge in [-0.2, -0.15) is 0 Å². The van der Waals surface area contributed by atoms with E-state index in [0.29, 0.717) is 0 Å². The van der Waals surface area contributed by atoms with E-state index in [9.17, 15) is 14.7 Å². The van der Waals surface area contributed by atoms with Crippen LogP contribution < -0.4 is 5.11 Å². The summed E-state index contributed by atoms with van der Waals surface area (Å²) < 4.78 is 4.94. The molecule has 0 spiro atoms. The predicted octanol–water partition coefficient (Wildman–Crippen LogP) is 2.28. The summed E-state index contributed by atoms with van der Waals surface area (Å²) in [5.74, 6) is -4.41. The van der Waals surface area contributed by atoms with Crippen molar-refractivity contribution in [3.8, 4) is 0 Å². The Morgan fingerprint density at radius 3 is 1.64 bits per heavy atom. The predicted molar refractivity (Wildman–Crippen MR) is 91.5 cm³/mol. The Balaban J connectivity index is 2.10. The van der Waals surface area contributed by atoms with Crippen LogP contribution in [-0.4, -0.2) is 19.0 Å². The van der Waals surface area contributed by atoms with Gasteiger partial charge in [-0.25, -0.2) is 0 Å². The normalized spacial score (nSPS) is 25.3. The highest BCUT2D eigenvalue weighted by molar-refractivity contribution is 5.83. The largest absolute Gasteiger partial charge is 0.550 e. The van der Waals surface area contributed by atoms with E-state index < -0.39 is 29.7 Å². The zero-order valence-electron chi connectivity index (χ0n) is 13.9. The molecule has 4 nitrogen and oxygen atoms in total. The van der Waals surface area contributed by atoms with Crippen molar-refractivity contribution in [3.63, 3.8) is 0 Å². The van der Waals surface area contributed by atoms with Crippen LogP contribution >= 0.6 is 0 Å². The standard InChI is InChI=1S/C21H20O4/c1-25-21(24)19-17(15-10-6-3-7-11-15)13-12-16(18(19)20(22)23)14-8-4-2-5-9-14/h2-13,16-19H,1H3,(H,22,23)/p-1/t16-,17+,18+,19-/m1/s1. The third-order valence-corrected chi connectivity index (χ3v) is 4.80. The Morgan fingerprint density at radius 2 is 1.24 bits per heavy atom. The molecule has 0 aromatic heterocycles. The number of esters is 1. The zero-order chi connectivity index (χ0) is 17.8. The van der Waals surface area contributed by atoms with Gasteiger partial charge in [0, 0.05) is 23.7 Å². The number of hydrogen-bond acceptors (Lipinski definition) is 4.